The average Bonchev–Trinajstić information content (AvgIpc) is 2.43. The number of rotatable bonds is 7. The van der Waals surface area contributed by atoms with Gasteiger partial charge in [0.15, 0.2) is 0 Å². The summed E-state index contributed by atoms with van der Waals surface area (Å²) in [7, 11) is 0. The Labute approximate surface area is 132 Å². The van der Waals surface area contributed by atoms with Crippen molar-refractivity contribution in [2.24, 2.45) is 0 Å². The van der Waals surface area contributed by atoms with Gasteiger partial charge in [0.2, 0.25) is 11.8 Å². The molecule has 110 valence electrons. The van der Waals surface area contributed by atoms with E-state index in [-0.39, 0.29) is 17.6 Å². The van der Waals surface area contributed by atoms with Crippen molar-refractivity contribution in [1.82, 2.24) is 4.90 Å². The molecule has 0 aliphatic heterocycles. The Morgan fingerprint density at radius 1 is 1.15 bits per heavy atom. The fraction of sp³-hybridized carbons (Fsp3) is 0.429. The molecule has 6 heteroatoms. The Balaban J connectivity index is 2.30. The van der Waals surface area contributed by atoms with Crippen molar-refractivity contribution in [3.05, 3.63) is 28.7 Å². The Morgan fingerprint density at radius 2 is 1.75 bits per heavy atom. The zero-order valence-corrected chi connectivity index (χ0v) is 14.1. The average molecular weight is 359 g/mol. The summed E-state index contributed by atoms with van der Waals surface area (Å²) < 4.78 is 0.967. The molecule has 1 rings (SSSR count). The second kappa shape index (κ2) is 9.02. The van der Waals surface area contributed by atoms with Gasteiger partial charge in [-0.2, -0.15) is 0 Å². The van der Waals surface area contributed by atoms with Crippen LogP contribution in [0.5, 0.6) is 0 Å². The van der Waals surface area contributed by atoms with Gasteiger partial charge in [-0.15, -0.1) is 11.8 Å². The molecule has 0 aromatic heterocycles. The fourth-order valence-electron chi connectivity index (χ4n) is 1.63. The lowest BCUT2D eigenvalue weighted by molar-refractivity contribution is -0.127. The Morgan fingerprint density at radius 3 is 2.30 bits per heavy atom. The maximum absolute atomic E-state index is 11.8. The van der Waals surface area contributed by atoms with Crippen LogP contribution in [0.25, 0.3) is 0 Å². The predicted molar refractivity (Wildman–Crippen MR) is 88.0 cm³/mol. The molecular weight excluding hydrogens is 340 g/mol. The van der Waals surface area contributed by atoms with Gasteiger partial charge in [0.05, 0.1) is 11.5 Å². The molecule has 2 amide bonds. The van der Waals surface area contributed by atoms with Crippen molar-refractivity contribution in [3.63, 3.8) is 0 Å². The Bertz CT molecular complexity index is 447. The molecule has 0 saturated heterocycles. The Hall–Kier alpha value is -1.01. The van der Waals surface area contributed by atoms with E-state index >= 15 is 0 Å². The molecule has 1 N–H and O–H groups in total. The second-order valence-electron chi connectivity index (χ2n) is 4.11. The summed E-state index contributed by atoms with van der Waals surface area (Å²) in [5.74, 6) is 0.611. The third-order valence-corrected chi connectivity index (χ3v) is 4.15. The minimum atomic E-state index is -0.0929. The molecule has 4 nitrogen and oxygen atoms in total. The van der Waals surface area contributed by atoms with Crippen LogP contribution in [0, 0.1) is 0 Å². The zero-order valence-electron chi connectivity index (χ0n) is 11.7. The van der Waals surface area contributed by atoms with Crippen molar-refractivity contribution in [2.45, 2.75) is 13.8 Å². The van der Waals surface area contributed by atoms with Crippen LogP contribution in [0.3, 0.4) is 0 Å². The summed E-state index contributed by atoms with van der Waals surface area (Å²) in [5, 5.41) is 2.79. The summed E-state index contributed by atoms with van der Waals surface area (Å²) in [4.78, 5) is 25.2. The Kier molecular flexibility index (Phi) is 7.69. The first kappa shape index (κ1) is 17.0. The van der Waals surface area contributed by atoms with Gasteiger partial charge in [0.25, 0.3) is 0 Å². The minimum Gasteiger partial charge on any atom is -0.343 e. The predicted octanol–water partition coefficient (Wildman–Crippen LogP) is 2.99. The first-order chi connectivity index (χ1) is 9.56. The quantitative estimate of drug-likeness (QED) is 0.814. The van der Waals surface area contributed by atoms with Gasteiger partial charge in [-0.1, -0.05) is 15.9 Å². The van der Waals surface area contributed by atoms with E-state index in [1.165, 1.54) is 11.8 Å². The number of hydrogen-bond donors (Lipinski definition) is 1. The smallest absolute Gasteiger partial charge is 0.234 e. The van der Waals surface area contributed by atoms with E-state index in [2.05, 4.69) is 21.2 Å². The van der Waals surface area contributed by atoms with E-state index in [1.807, 2.05) is 38.1 Å². The highest BCUT2D eigenvalue weighted by Crippen LogP contribution is 2.14. The molecule has 0 fully saturated rings. The topological polar surface area (TPSA) is 49.4 Å². The van der Waals surface area contributed by atoms with Crippen molar-refractivity contribution in [2.75, 3.05) is 29.9 Å². The lowest BCUT2D eigenvalue weighted by Gasteiger charge is -2.18. The number of thioether (sulfide) groups is 1. The molecule has 0 atom stereocenters. The number of halogens is 1. The lowest BCUT2D eigenvalue weighted by Crippen LogP contribution is -2.32. The number of hydrogen-bond acceptors (Lipinski definition) is 3. The number of anilines is 1. The van der Waals surface area contributed by atoms with Gasteiger partial charge in [0, 0.05) is 23.2 Å². The molecule has 0 heterocycles. The first-order valence-electron chi connectivity index (χ1n) is 6.47. The van der Waals surface area contributed by atoms with Gasteiger partial charge >= 0.3 is 0 Å². The SMILES string of the molecule is CCN(CC)C(=O)CSCC(=O)Nc1ccc(Br)cc1. The molecule has 0 saturated carbocycles. The van der Waals surface area contributed by atoms with Crippen LogP contribution in [0.4, 0.5) is 5.69 Å². The maximum atomic E-state index is 11.8. The van der Waals surface area contributed by atoms with Crippen molar-refractivity contribution in [1.29, 1.82) is 0 Å². The van der Waals surface area contributed by atoms with Crippen molar-refractivity contribution < 1.29 is 9.59 Å². The normalized spacial score (nSPS) is 10.2. The molecule has 0 aliphatic rings. The third kappa shape index (κ3) is 5.96. The van der Waals surface area contributed by atoms with Crippen LogP contribution in [0.2, 0.25) is 0 Å². The molecule has 20 heavy (non-hydrogen) atoms. The highest BCUT2D eigenvalue weighted by Gasteiger charge is 2.10. The van der Waals surface area contributed by atoms with E-state index in [0.29, 0.717) is 18.8 Å². The highest BCUT2D eigenvalue weighted by atomic mass is 79.9. The fourth-order valence-corrected chi connectivity index (χ4v) is 2.61. The van der Waals surface area contributed by atoms with E-state index in [1.54, 1.807) is 4.90 Å². The van der Waals surface area contributed by atoms with Gasteiger partial charge in [-0.25, -0.2) is 0 Å². The van der Waals surface area contributed by atoms with Gasteiger partial charge in [0.1, 0.15) is 0 Å². The van der Waals surface area contributed by atoms with Crippen LogP contribution in [-0.2, 0) is 9.59 Å². The van der Waals surface area contributed by atoms with E-state index < -0.39 is 0 Å². The van der Waals surface area contributed by atoms with Crippen LogP contribution >= 0.6 is 27.7 Å². The zero-order chi connectivity index (χ0) is 15.0. The largest absolute Gasteiger partial charge is 0.343 e. The van der Waals surface area contributed by atoms with Gasteiger partial charge in [-0.05, 0) is 38.1 Å². The summed E-state index contributed by atoms with van der Waals surface area (Å²) in [6.45, 7) is 5.32. The highest BCUT2D eigenvalue weighted by molar-refractivity contribution is 9.10. The van der Waals surface area contributed by atoms with Crippen LogP contribution in [0.1, 0.15) is 13.8 Å². The molecule has 0 aliphatic carbocycles. The minimum absolute atomic E-state index is 0.0800. The molecule has 0 unspecified atom stereocenters. The van der Waals surface area contributed by atoms with Crippen molar-refractivity contribution in [3.8, 4) is 0 Å². The van der Waals surface area contributed by atoms with E-state index in [0.717, 1.165) is 10.2 Å². The van der Waals surface area contributed by atoms with Crippen LogP contribution in [-0.4, -0.2) is 41.3 Å². The van der Waals surface area contributed by atoms with Crippen molar-refractivity contribution >= 4 is 45.2 Å². The monoisotopic (exact) mass is 358 g/mol. The molecule has 0 spiro atoms. The molecule has 1 aromatic carbocycles. The van der Waals surface area contributed by atoms with Gasteiger partial charge in [-0.3, -0.25) is 9.59 Å². The number of nitrogens with zero attached hydrogens (tertiary/aromatic N) is 1. The number of nitrogens with one attached hydrogen (secondary N) is 1. The van der Waals surface area contributed by atoms with Crippen LogP contribution in [0.15, 0.2) is 28.7 Å². The molecule has 1 aromatic rings. The number of benzene rings is 1. The van der Waals surface area contributed by atoms with E-state index in [4.69, 9.17) is 0 Å². The number of carbonyl (C=O) groups is 2. The third-order valence-electron chi connectivity index (χ3n) is 2.70. The number of amides is 2. The van der Waals surface area contributed by atoms with Crippen LogP contribution < -0.4 is 5.32 Å². The van der Waals surface area contributed by atoms with Gasteiger partial charge < -0.3 is 10.2 Å². The number of carbonyl (C=O) groups excluding carboxylic acids is 2. The maximum Gasteiger partial charge on any atom is 0.234 e. The molecule has 0 bridgehead atoms. The van der Waals surface area contributed by atoms with E-state index in [9.17, 15) is 9.59 Å². The second-order valence-corrected chi connectivity index (χ2v) is 6.02. The summed E-state index contributed by atoms with van der Waals surface area (Å²) in [6.07, 6.45) is 0. The molecule has 0 radical (unpaired) electrons. The lowest BCUT2D eigenvalue weighted by atomic mass is 10.3. The summed E-state index contributed by atoms with van der Waals surface area (Å²) in [5.41, 5.74) is 0.758. The summed E-state index contributed by atoms with van der Waals surface area (Å²) in [6, 6.07) is 7.39. The molecular formula is C14H19BrN2O2S. The summed E-state index contributed by atoms with van der Waals surface area (Å²) >= 11 is 4.68. The standard InChI is InChI=1S/C14H19BrN2O2S/c1-3-17(4-2)14(19)10-20-9-13(18)16-12-7-5-11(15)6-8-12/h5-8H,3-4,9-10H2,1-2H3,(H,16,18). The first-order valence-corrected chi connectivity index (χ1v) is 8.42.